The second-order valence-corrected chi connectivity index (χ2v) is 12.6. The minimum absolute atomic E-state index is 1.10. The van der Waals surface area contributed by atoms with Gasteiger partial charge in [0.25, 0.3) is 0 Å². The first-order valence-corrected chi connectivity index (χ1v) is 17.1. The number of anilines is 3. The van der Waals surface area contributed by atoms with Crippen LogP contribution >= 0.6 is 0 Å². The number of fused-ring (bicyclic) bond motifs is 3. The van der Waals surface area contributed by atoms with Crippen molar-refractivity contribution in [1.29, 1.82) is 0 Å². The fraction of sp³-hybridized carbons (Fsp3) is 0. The van der Waals surface area contributed by atoms with E-state index in [1.54, 1.807) is 0 Å². The summed E-state index contributed by atoms with van der Waals surface area (Å²) in [7, 11) is 0. The maximum absolute atomic E-state index is 2.37. The standard InChI is InChI=1S/C48H34N2/c1-3-11-35(12-4-1)37-19-21-38(22-20-37)40-25-29-42(30-26-40)49(41-27-23-39(24-28-41)36-13-5-2-6-14-36)43-31-33-44(34-32-43)50-47-17-9-7-15-45(47)46-16-8-10-18-48(46)50/h1-34H. The summed E-state index contributed by atoms with van der Waals surface area (Å²) < 4.78 is 2.37. The van der Waals surface area contributed by atoms with E-state index in [1.165, 1.54) is 55.2 Å². The molecule has 0 radical (unpaired) electrons. The quantitative estimate of drug-likeness (QED) is 0.169. The lowest BCUT2D eigenvalue weighted by Crippen LogP contribution is -2.10. The van der Waals surface area contributed by atoms with Crippen molar-refractivity contribution in [1.82, 2.24) is 4.57 Å². The number of para-hydroxylation sites is 2. The molecule has 1 heterocycles. The van der Waals surface area contributed by atoms with E-state index in [1.807, 2.05) is 0 Å². The van der Waals surface area contributed by atoms with E-state index in [0.717, 1.165) is 22.7 Å². The van der Waals surface area contributed by atoms with E-state index in [-0.39, 0.29) is 0 Å². The van der Waals surface area contributed by atoms with Gasteiger partial charge in [-0.2, -0.15) is 0 Å². The SMILES string of the molecule is c1ccc(-c2ccc(-c3ccc(N(c4ccc(-c5ccccc5)cc4)c4ccc(-n5c6ccccc6c6ccccc65)cc4)cc3)cc2)cc1. The van der Waals surface area contributed by atoms with Crippen LogP contribution in [0.3, 0.4) is 0 Å². The summed E-state index contributed by atoms with van der Waals surface area (Å²) in [5.74, 6) is 0. The van der Waals surface area contributed by atoms with Crippen molar-refractivity contribution in [3.05, 3.63) is 206 Å². The third-order valence-electron chi connectivity index (χ3n) is 9.63. The molecule has 50 heavy (non-hydrogen) atoms. The van der Waals surface area contributed by atoms with Crippen LogP contribution in [-0.2, 0) is 0 Å². The molecule has 9 aromatic rings. The van der Waals surface area contributed by atoms with Gasteiger partial charge in [-0.1, -0.05) is 146 Å². The van der Waals surface area contributed by atoms with Crippen LogP contribution in [0.1, 0.15) is 0 Å². The zero-order valence-electron chi connectivity index (χ0n) is 27.5. The van der Waals surface area contributed by atoms with Gasteiger partial charge in [0.2, 0.25) is 0 Å². The van der Waals surface area contributed by atoms with Gasteiger partial charge in [0.15, 0.2) is 0 Å². The van der Waals surface area contributed by atoms with Crippen LogP contribution in [0.25, 0.3) is 60.9 Å². The Labute approximate surface area is 292 Å². The molecule has 0 aliphatic heterocycles. The third kappa shape index (κ3) is 5.43. The first-order chi connectivity index (χ1) is 24.8. The Morgan fingerprint density at radius 1 is 0.260 bits per heavy atom. The number of aromatic nitrogens is 1. The average Bonchev–Trinajstić information content (AvgIpc) is 3.54. The van der Waals surface area contributed by atoms with Gasteiger partial charge in [0, 0.05) is 33.5 Å². The minimum Gasteiger partial charge on any atom is -0.311 e. The smallest absolute Gasteiger partial charge is 0.0541 e. The molecule has 0 fully saturated rings. The predicted octanol–water partition coefficient (Wildman–Crippen LogP) is 13.3. The molecule has 0 saturated carbocycles. The summed E-state index contributed by atoms with van der Waals surface area (Å²) >= 11 is 0. The highest BCUT2D eigenvalue weighted by Gasteiger charge is 2.16. The van der Waals surface area contributed by atoms with Crippen LogP contribution in [-0.4, -0.2) is 4.57 Å². The van der Waals surface area contributed by atoms with Crippen molar-refractivity contribution in [2.45, 2.75) is 0 Å². The van der Waals surface area contributed by atoms with Crippen LogP contribution in [0.15, 0.2) is 206 Å². The van der Waals surface area contributed by atoms with E-state index in [4.69, 9.17) is 0 Å². The fourth-order valence-electron chi connectivity index (χ4n) is 7.12. The van der Waals surface area contributed by atoms with Crippen LogP contribution in [0.2, 0.25) is 0 Å². The Kier molecular flexibility index (Phi) is 7.53. The van der Waals surface area contributed by atoms with E-state index in [2.05, 4.69) is 216 Å². The summed E-state index contributed by atoms with van der Waals surface area (Å²) in [6, 6.07) is 74.0. The lowest BCUT2D eigenvalue weighted by molar-refractivity contribution is 1.17. The van der Waals surface area contributed by atoms with Crippen molar-refractivity contribution in [3.63, 3.8) is 0 Å². The van der Waals surface area contributed by atoms with Crippen LogP contribution in [0, 0.1) is 0 Å². The Balaban J connectivity index is 1.09. The van der Waals surface area contributed by atoms with Gasteiger partial charge in [-0.3, -0.25) is 0 Å². The Morgan fingerprint density at radius 2 is 0.560 bits per heavy atom. The molecule has 0 amide bonds. The molecule has 0 N–H and O–H groups in total. The highest BCUT2D eigenvalue weighted by atomic mass is 15.1. The van der Waals surface area contributed by atoms with Gasteiger partial charge in [0.05, 0.1) is 11.0 Å². The van der Waals surface area contributed by atoms with E-state index >= 15 is 0 Å². The number of benzene rings is 8. The van der Waals surface area contributed by atoms with E-state index < -0.39 is 0 Å². The Morgan fingerprint density at radius 3 is 0.960 bits per heavy atom. The van der Waals surface area contributed by atoms with Crippen LogP contribution in [0.4, 0.5) is 17.1 Å². The van der Waals surface area contributed by atoms with Crippen molar-refractivity contribution in [2.24, 2.45) is 0 Å². The van der Waals surface area contributed by atoms with Crippen LogP contribution < -0.4 is 4.90 Å². The molecule has 0 bridgehead atoms. The molecule has 236 valence electrons. The van der Waals surface area contributed by atoms with E-state index in [9.17, 15) is 0 Å². The van der Waals surface area contributed by atoms with Crippen molar-refractivity contribution >= 4 is 38.9 Å². The molecule has 1 aromatic heterocycles. The monoisotopic (exact) mass is 638 g/mol. The molecule has 2 nitrogen and oxygen atoms in total. The Hall–Kier alpha value is -6.64. The lowest BCUT2D eigenvalue weighted by Gasteiger charge is -2.26. The molecule has 2 heteroatoms. The molecule has 9 rings (SSSR count). The third-order valence-corrected chi connectivity index (χ3v) is 9.63. The molecule has 0 unspecified atom stereocenters. The normalized spacial score (nSPS) is 11.2. The maximum atomic E-state index is 2.37. The lowest BCUT2D eigenvalue weighted by atomic mass is 10.00. The minimum atomic E-state index is 1.10. The number of rotatable bonds is 7. The zero-order chi connectivity index (χ0) is 33.3. The number of nitrogens with zero attached hydrogens (tertiary/aromatic N) is 2. The maximum Gasteiger partial charge on any atom is 0.0541 e. The molecule has 0 saturated heterocycles. The summed E-state index contributed by atoms with van der Waals surface area (Å²) in [5.41, 5.74) is 14.1. The van der Waals surface area contributed by atoms with Crippen molar-refractivity contribution in [2.75, 3.05) is 4.90 Å². The largest absolute Gasteiger partial charge is 0.311 e. The Bertz CT molecular complexity index is 2480. The second kappa shape index (κ2) is 12.8. The van der Waals surface area contributed by atoms with Crippen molar-refractivity contribution < 1.29 is 0 Å². The first-order valence-electron chi connectivity index (χ1n) is 17.1. The van der Waals surface area contributed by atoms with Gasteiger partial charge < -0.3 is 9.47 Å². The molecular weight excluding hydrogens is 605 g/mol. The highest BCUT2D eigenvalue weighted by Crippen LogP contribution is 2.38. The molecule has 0 aliphatic carbocycles. The molecular formula is C48H34N2. The van der Waals surface area contributed by atoms with Crippen molar-refractivity contribution in [3.8, 4) is 39.1 Å². The molecule has 0 spiro atoms. The second-order valence-electron chi connectivity index (χ2n) is 12.6. The van der Waals surface area contributed by atoms with Gasteiger partial charge in [-0.15, -0.1) is 0 Å². The molecule has 0 atom stereocenters. The zero-order valence-corrected chi connectivity index (χ0v) is 27.5. The van der Waals surface area contributed by atoms with Crippen LogP contribution in [0.5, 0.6) is 0 Å². The summed E-state index contributed by atoms with van der Waals surface area (Å²) in [5, 5.41) is 2.53. The number of hydrogen-bond donors (Lipinski definition) is 0. The fourth-order valence-corrected chi connectivity index (χ4v) is 7.12. The summed E-state index contributed by atoms with van der Waals surface area (Å²) in [6.07, 6.45) is 0. The molecule has 8 aromatic carbocycles. The predicted molar refractivity (Wildman–Crippen MR) is 212 cm³/mol. The molecule has 0 aliphatic rings. The number of hydrogen-bond acceptors (Lipinski definition) is 1. The first kappa shape index (κ1) is 29.5. The van der Waals surface area contributed by atoms with Gasteiger partial charge in [0.1, 0.15) is 0 Å². The average molecular weight is 639 g/mol. The summed E-state index contributed by atoms with van der Waals surface area (Å²) in [6.45, 7) is 0. The van der Waals surface area contributed by atoms with E-state index in [0.29, 0.717) is 0 Å². The van der Waals surface area contributed by atoms with Gasteiger partial charge in [-0.05, 0) is 94.0 Å². The summed E-state index contributed by atoms with van der Waals surface area (Å²) in [4.78, 5) is 2.34. The highest BCUT2D eigenvalue weighted by molar-refractivity contribution is 6.09. The van der Waals surface area contributed by atoms with Gasteiger partial charge in [-0.25, -0.2) is 0 Å². The van der Waals surface area contributed by atoms with Gasteiger partial charge >= 0.3 is 0 Å². The topological polar surface area (TPSA) is 8.17 Å².